The van der Waals surface area contributed by atoms with E-state index in [4.69, 9.17) is 9.63 Å². The molecule has 0 radical (unpaired) electrons. The summed E-state index contributed by atoms with van der Waals surface area (Å²) in [6.07, 6.45) is 2.82. The van der Waals surface area contributed by atoms with Crippen LogP contribution >= 0.6 is 0 Å². The second-order valence-corrected chi connectivity index (χ2v) is 2.99. The van der Waals surface area contributed by atoms with Crippen molar-refractivity contribution >= 4 is 5.97 Å². The van der Waals surface area contributed by atoms with Crippen molar-refractivity contribution < 1.29 is 14.4 Å². The van der Waals surface area contributed by atoms with Crippen LogP contribution in [0.25, 0.3) is 0 Å². The molecule has 0 aromatic carbocycles. The third-order valence-electron chi connectivity index (χ3n) is 1.98. The van der Waals surface area contributed by atoms with Gasteiger partial charge >= 0.3 is 5.97 Å². The van der Waals surface area contributed by atoms with Crippen molar-refractivity contribution in [1.82, 2.24) is 5.16 Å². The largest absolute Gasteiger partial charge is 0.476 e. The standard InChI is InChI=1S/C9H13NO3/c1-3-4-5-7-6(2)8(9(11)12)10-13-7/h3-5H2,1-2H3,(H,11,12). The monoisotopic (exact) mass is 183 g/mol. The van der Waals surface area contributed by atoms with Crippen molar-refractivity contribution in [2.24, 2.45) is 0 Å². The summed E-state index contributed by atoms with van der Waals surface area (Å²) in [4.78, 5) is 10.6. The molecule has 0 atom stereocenters. The summed E-state index contributed by atoms with van der Waals surface area (Å²) in [6.45, 7) is 3.80. The number of hydrogen-bond acceptors (Lipinski definition) is 3. The van der Waals surface area contributed by atoms with Gasteiger partial charge in [-0.15, -0.1) is 0 Å². The number of aryl methyl sites for hydroxylation is 1. The first-order valence-electron chi connectivity index (χ1n) is 4.35. The minimum absolute atomic E-state index is 0.0334. The number of hydrogen-bond donors (Lipinski definition) is 1. The Morgan fingerprint density at radius 2 is 2.31 bits per heavy atom. The highest BCUT2D eigenvalue weighted by Crippen LogP contribution is 2.15. The molecular formula is C9H13NO3. The Morgan fingerprint density at radius 3 is 2.77 bits per heavy atom. The van der Waals surface area contributed by atoms with Gasteiger partial charge in [0.25, 0.3) is 0 Å². The maximum Gasteiger partial charge on any atom is 0.358 e. The average Bonchev–Trinajstić information content (AvgIpc) is 2.43. The second kappa shape index (κ2) is 4.07. The highest BCUT2D eigenvalue weighted by Gasteiger charge is 2.16. The third kappa shape index (κ3) is 2.08. The molecule has 0 saturated heterocycles. The van der Waals surface area contributed by atoms with E-state index in [0.29, 0.717) is 11.3 Å². The second-order valence-electron chi connectivity index (χ2n) is 2.99. The minimum atomic E-state index is -1.02. The molecule has 0 saturated carbocycles. The maximum atomic E-state index is 10.6. The lowest BCUT2D eigenvalue weighted by Crippen LogP contribution is -1.99. The highest BCUT2D eigenvalue weighted by molar-refractivity contribution is 5.86. The molecule has 1 N–H and O–H groups in total. The lowest BCUT2D eigenvalue weighted by atomic mass is 10.1. The molecule has 72 valence electrons. The van der Waals surface area contributed by atoms with Gasteiger partial charge in [0.1, 0.15) is 5.76 Å². The van der Waals surface area contributed by atoms with Crippen LogP contribution in [0.1, 0.15) is 41.6 Å². The van der Waals surface area contributed by atoms with Crippen LogP contribution in [0.4, 0.5) is 0 Å². The van der Waals surface area contributed by atoms with Gasteiger partial charge in [0.2, 0.25) is 0 Å². The van der Waals surface area contributed by atoms with Crippen LogP contribution in [0.5, 0.6) is 0 Å². The molecule has 0 aliphatic rings. The van der Waals surface area contributed by atoms with Crippen molar-refractivity contribution in [2.45, 2.75) is 33.1 Å². The van der Waals surface area contributed by atoms with E-state index in [2.05, 4.69) is 12.1 Å². The molecule has 1 heterocycles. The predicted molar refractivity (Wildman–Crippen MR) is 46.8 cm³/mol. The van der Waals surface area contributed by atoms with E-state index in [0.717, 1.165) is 19.3 Å². The first-order chi connectivity index (χ1) is 6.16. The molecule has 0 bridgehead atoms. The van der Waals surface area contributed by atoms with Crippen molar-refractivity contribution in [2.75, 3.05) is 0 Å². The predicted octanol–water partition coefficient (Wildman–Crippen LogP) is 2.02. The van der Waals surface area contributed by atoms with Gasteiger partial charge in [-0.2, -0.15) is 0 Å². The fourth-order valence-corrected chi connectivity index (χ4v) is 1.14. The molecule has 0 fully saturated rings. The smallest absolute Gasteiger partial charge is 0.358 e. The number of carboxylic acid groups (broad SMARTS) is 1. The molecule has 0 spiro atoms. The van der Waals surface area contributed by atoms with E-state index < -0.39 is 5.97 Å². The van der Waals surface area contributed by atoms with Gasteiger partial charge in [-0.25, -0.2) is 4.79 Å². The zero-order valence-corrected chi connectivity index (χ0v) is 7.83. The summed E-state index contributed by atoms with van der Waals surface area (Å²) in [6, 6.07) is 0. The summed E-state index contributed by atoms with van der Waals surface area (Å²) < 4.78 is 4.93. The molecule has 0 aliphatic carbocycles. The average molecular weight is 183 g/mol. The van der Waals surface area contributed by atoms with E-state index in [9.17, 15) is 4.79 Å². The van der Waals surface area contributed by atoms with Crippen LogP contribution in [0, 0.1) is 6.92 Å². The summed E-state index contributed by atoms with van der Waals surface area (Å²) >= 11 is 0. The number of aromatic nitrogens is 1. The topological polar surface area (TPSA) is 63.3 Å². The van der Waals surface area contributed by atoms with Crippen LogP contribution in [0.2, 0.25) is 0 Å². The highest BCUT2D eigenvalue weighted by atomic mass is 16.5. The number of aromatic carboxylic acids is 1. The van der Waals surface area contributed by atoms with E-state index in [-0.39, 0.29) is 5.69 Å². The van der Waals surface area contributed by atoms with Crippen LogP contribution in [0.15, 0.2) is 4.52 Å². The SMILES string of the molecule is CCCCc1onc(C(=O)O)c1C. The quantitative estimate of drug-likeness (QED) is 0.775. The first kappa shape index (κ1) is 9.77. The third-order valence-corrected chi connectivity index (χ3v) is 1.98. The summed E-state index contributed by atoms with van der Waals surface area (Å²) in [5, 5.41) is 12.2. The zero-order chi connectivity index (χ0) is 9.84. The summed E-state index contributed by atoms with van der Waals surface area (Å²) in [5.74, 6) is -0.330. The Balaban J connectivity index is 2.80. The Hall–Kier alpha value is -1.32. The van der Waals surface area contributed by atoms with Crippen LogP contribution in [-0.4, -0.2) is 16.2 Å². The molecular weight excluding hydrogens is 170 g/mol. The normalized spacial score (nSPS) is 10.3. The fraction of sp³-hybridized carbons (Fsp3) is 0.556. The number of unbranched alkanes of at least 4 members (excludes halogenated alkanes) is 1. The molecule has 0 amide bonds. The summed E-state index contributed by atoms with van der Waals surface area (Å²) in [7, 11) is 0. The Morgan fingerprint density at radius 1 is 1.62 bits per heavy atom. The fourth-order valence-electron chi connectivity index (χ4n) is 1.14. The van der Waals surface area contributed by atoms with Crippen molar-refractivity contribution in [3.63, 3.8) is 0 Å². The number of carbonyl (C=O) groups is 1. The maximum absolute atomic E-state index is 10.6. The van der Waals surface area contributed by atoms with Crippen molar-refractivity contribution in [3.05, 3.63) is 17.0 Å². The van der Waals surface area contributed by atoms with Gasteiger partial charge in [0.15, 0.2) is 5.69 Å². The van der Waals surface area contributed by atoms with Crippen molar-refractivity contribution in [1.29, 1.82) is 0 Å². The van der Waals surface area contributed by atoms with Crippen molar-refractivity contribution in [3.8, 4) is 0 Å². The van der Waals surface area contributed by atoms with E-state index in [1.54, 1.807) is 6.92 Å². The van der Waals surface area contributed by atoms with Crippen LogP contribution in [0.3, 0.4) is 0 Å². The summed E-state index contributed by atoms with van der Waals surface area (Å²) in [5.41, 5.74) is 0.687. The number of nitrogens with zero attached hydrogens (tertiary/aromatic N) is 1. The van der Waals surface area contributed by atoms with Gasteiger partial charge in [0, 0.05) is 12.0 Å². The number of rotatable bonds is 4. The lowest BCUT2D eigenvalue weighted by Gasteiger charge is -1.93. The Labute approximate surface area is 76.5 Å². The van der Waals surface area contributed by atoms with Gasteiger partial charge in [-0.05, 0) is 13.3 Å². The minimum Gasteiger partial charge on any atom is -0.476 e. The molecule has 0 aliphatic heterocycles. The molecule has 13 heavy (non-hydrogen) atoms. The molecule has 4 nitrogen and oxygen atoms in total. The number of carboxylic acids is 1. The van der Waals surface area contributed by atoms with Gasteiger partial charge in [0.05, 0.1) is 0 Å². The van der Waals surface area contributed by atoms with E-state index in [1.165, 1.54) is 0 Å². The molecule has 1 aromatic rings. The van der Waals surface area contributed by atoms with Gasteiger partial charge in [-0.1, -0.05) is 18.5 Å². The van der Waals surface area contributed by atoms with Crippen LogP contribution in [-0.2, 0) is 6.42 Å². The van der Waals surface area contributed by atoms with Gasteiger partial charge < -0.3 is 9.63 Å². The Bertz CT molecular complexity index is 304. The zero-order valence-electron chi connectivity index (χ0n) is 7.83. The Kier molecular flexibility index (Phi) is 3.06. The van der Waals surface area contributed by atoms with E-state index in [1.807, 2.05) is 0 Å². The molecule has 0 unspecified atom stereocenters. The van der Waals surface area contributed by atoms with Gasteiger partial charge in [-0.3, -0.25) is 0 Å². The van der Waals surface area contributed by atoms with E-state index >= 15 is 0 Å². The van der Waals surface area contributed by atoms with Crippen LogP contribution < -0.4 is 0 Å². The molecule has 4 heteroatoms. The first-order valence-corrected chi connectivity index (χ1v) is 4.35. The molecule has 1 rings (SSSR count). The molecule has 1 aromatic heterocycles. The lowest BCUT2D eigenvalue weighted by molar-refractivity contribution is 0.0685.